The first-order valence-corrected chi connectivity index (χ1v) is 14.7. The zero-order valence-electron chi connectivity index (χ0n) is 22.9. The van der Waals surface area contributed by atoms with Crippen LogP contribution in [0, 0.1) is 6.92 Å². The van der Waals surface area contributed by atoms with E-state index in [1.807, 2.05) is 65.4 Å². The lowest BCUT2D eigenvalue weighted by Crippen LogP contribution is -2.29. The van der Waals surface area contributed by atoms with Gasteiger partial charge in [0.1, 0.15) is 17.6 Å². The van der Waals surface area contributed by atoms with Crippen molar-refractivity contribution < 1.29 is 19.6 Å². The average molecular weight is 600 g/mol. The summed E-state index contributed by atoms with van der Waals surface area (Å²) in [4.78, 5) is 18.4. The fourth-order valence-electron chi connectivity index (χ4n) is 5.21. The number of halogens is 1. The number of amides is 1. The molecule has 3 heterocycles. The van der Waals surface area contributed by atoms with E-state index in [0.717, 1.165) is 32.5 Å². The highest BCUT2D eigenvalue weighted by atomic mass is 35.5. The molecule has 0 radical (unpaired) electrons. The largest absolute Gasteiger partial charge is 0.497 e. The van der Waals surface area contributed by atoms with Crippen LogP contribution >= 0.6 is 22.9 Å². The molecule has 3 N–H and O–H groups in total. The zero-order valence-corrected chi connectivity index (χ0v) is 24.5. The number of carbonyl (C=O) groups excluding carboxylic acids is 1. The second-order valence-corrected chi connectivity index (χ2v) is 11.4. The van der Waals surface area contributed by atoms with Gasteiger partial charge >= 0.3 is 7.12 Å². The average Bonchev–Trinajstić information content (AvgIpc) is 3.54. The lowest BCUT2D eigenvalue weighted by Gasteiger charge is -2.14. The van der Waals surface area contributed by atoms with Crippen LogP contribution in [0.15, 0.2) is 71.0 Å². The molecule has 0 aliphatic carbocycles. The van der Waals surface area contributed by atoms with Gasteiger partial charge < -0.3 is 20.1 Å². The van der Waals surface area contributed by atoms with E-state index in [4.69, 9.17) is 21.3 Å². The second kappa shape index (κ2) is 11.7. The lowest BCUT2D eigenvalue weighted by molar-refractivity contribution is -0.121. The molecule has 212 valence electrons. The van der Waals surface area contributed by atoms with E-state index < -0.39 is 13.2 Å². The molecule has 1 amide bonds. The molecule has 3 aromatic carbocycles. The van der Waals surface area contributed by atoms with Gasteiger partial charge in [0.05, 0.1) is 24.9 Å². The Bertz CT molecular complexity index is 1820. The highest BCUT2D eigenvalue weighted by Crippen LogP contribution is 2.34. The molecule has 1 aliphatic heterocycles. The van der Waals surface area contributed by atoms with Crippen LogP contribution in [0.2, 0.25) is 5.02 Å². The van der Waals surface area contributed by atoms with Gasteiger partial charge in [0, 0.05) is 27.4 Å². The number of rotatable bonds is 8. The number of ether oxygens (including phenoxy) is 1. The van der Waals surface area contributed by atoms with Crippen molar-refractivity contribution in [3.8, 4) is 11.4 Å². The summed E-state index contributed by atoms with van der Waals surface area (Å²) in [5, 5.41) is 34.5. The first-order chi connectivity index (χ1) is 20.3. The van der Waals surface area contributed by atoms with E-state index in [-0.39, 0.29) is 12.3 Å². The van der Waals surface area contributed by atoms with Gasteiger partial charge in [-0.1, -0.05) is 35.9 Å². The number of nitrogens with zero attached hydrogens (tertiary/aromatic N) is 4. The van der Waals surface area contributed by atoms with Crippen molar-refractivity contribution in [3.63, 3.8) is 0 Å². The Morgan fingerprint density at radius 3 is 2.69 bits per heavy atom. The molecule has 42 heavy (non-hydrogen) atoms. The number of aromatic nitrogens is 3. The molecule has 0 saturated carbocycles. The second-order valence-electron chi connectivity index (χ2n) is 10.0. The predicted octanol–water partition coefficient (Wildman–Crippen LogP) is 3.77. The van der Waals surface area contributed by atoms with Crippen molar-refractivity contribution in [1.82, 2.24) is 20.1 Å². The fraction of sp³-hybridized carbons (Fsp3) is 0.200. The van der Waals surface area contributed by atoms with Gasteiger partial charge in [-0.05, 0) is 71.5 Å². The van der Waals surface area contributed by atoms with Crippen molar-refractivity contribution in [2.75, 3.05) is 13.7 Å². The van der Waals surface area contributed by atoms with Crippen LogP contribution < -0.4 is 15.5 Å². The van der Waals surface area contributed by atoms with E-state index >= 15 is 0 Å². The Balaban J connectivity index is 1.28. The molecule has 0 saturated heterocycles. The van der Waals surface area contributed by atoms with Crippen molar-refractivity contribution in [2.45, 2.75) is 25.8 Å². The lowest BCUT2D eigenvalue weighted by atomic mass is 9.80. The van der Waals surface area contributed by atoms with Crippen LogP contribution in [-0.4, -0.2) is 57.2 Å². The number of hydrogen-bond donors (Lipinski definition) is 3. The molecule has 0 bridgehead atoms. The fourth-order valence-corrected chi connectivity index (χ4v) is 6.32. The maximum atomic E-state index is 13.3. The number of fused-ring (bicyclic) bond motifs is 4. The maximum Gasteiger partial charge on any atom is 0.488 e. The molecule has 9 nitrogen and oxygen atoms in total. The van der Waals surface area contributed by atoms with Crippen molar-refractivity contribution in [3.05, 3.63) is 99.4 Å². The summed E-state index contributed by atoms with van der Waals surface area (Å²) in [7, 11) is 0.0890. The Hall–Kier alpha value is -4.03. The van der Waals surface area contributed by atoms with Crippen LogP contribution in [0.1, 0.15) is 40.8 Å². The van der Waals surface area contributed by atoms with Gasteiger partial charge in [-0.15, -0.1) is 21.5 Å². The molecule has 5 aromatic rings. The maximum absolute atomic E-state index is 13.3. The first-order valence-electron chi connectivity index (χ1n) is 13.4. The van der Waals surface area contributed by atoms with Gasteiger partial charge in [-0.3, -0.25) is 14.4 Å². The van der Waals surface area contributed by atoms with Crippen molar-refractivity contribution >= 4 is 57.2 Å². The summed E-state index contributed by atoms with van der Waals surface area (Å²) >= 11 is 7.77. The van der Waals surface area contributed by atoms with Crippen molar-refractivity contribution in [2.24, 2.45) is 4.99 Å². The first kappa shape index (κ1) is 28.1. The van der Waals surface area contributed by atoms with E-state index in [1.165, 1.54) is 0 Å². The molecule has 2 aromatic heterocycles. The minimum atomic E-state index is -1.53. The standard InChI is InChI=1S/C30H27BClN5O4S/c1-17-35-36-30-25(15-28(38)33-12-11-19-16-42-27-10-5-20(31(39)40)13-23(19)27)34-29(18-3-6-21(32)7-4-18)24-14-22(41-2)8-9-26(24)37(17)30/h3-10,13-14,16,25,39-40H,11-12,15H2,1-2H3,(H,33,38)/t25-/m0/s1. The number of hydrogen-bond acceptors (Lipinski definition) is 8. The Morgan fingerprint density at radius 1 is 1.12 bits per heavy atom. The normalized spacial score (nSPS) is 14.1. The number of thiophene rings is 1. The molecule has 1 atom stereocenters. The molecule has 0 spiro atoms. The highest BCUT2D eigenvalue weighted by molar-refractivity contribution is 7.17. The highest BCUT2D eigenvalue weighted by Gasteiger charge is 2.30. The number of aliphatic imine (C=N–C) groups is 1. The zero-order chi connectivity index (χ0) is 29.4. The van der Waals surface area contributed by atoms with Crippen LogP contribution in [0.25, 0.3) is 15.8 Å². The third-order valence-corrected chi connectivity index (χ3v) is 8.59. The van der Waals surface area contributed by atoms with Gasteiger partial charge in [0.2, 0.25) is 5.91 Å². The third kappa shape index (κ3) is 5.44. The molecular formula is C30H27BClN5O4S. The predicted molar refractivity (Wildman–Crippen MR) is 165 cm³/mol. The summed E-state index contributed by atoms with van der Waals surface area (Å²) < 4.78 is 8.53. The quantitative estimate of drug-likeness (QED) is 0.234. The van der Waals surface area contributed by atoms with E-state index in [9.17, 15) is 14.8 Å². The van der Waals surface area contributed by atoms with Gasteiger partial charge in [0.25, 0.3) is 0 Å². The molecular weight excluding hydrogens is 573 g/mol. The SMILES string of the molecule is COc1ccc2c(c1)C(c1ccc(Cl)cc1)=N[C@@H](CC(=O)NCCc1csc3ccc(B(O)O)cc13)c1nnc(C)n1-2. The third-order valence-electron chi connectivity index (χ3n) is 7.32. The molecule has 1 aliphatic rings. The van der Waals surface area contributed by atoms with Crippen LogP contribution in [0.4, 0.5) is 0 Å². The number of methoxy groups -OCH3 is 1. The summed E-state index contributed by atoms with van der Waals surface area (Å²) in [6, 6.07) is 18.0. The van der Waals surface area contributed by atoms with Crippen LogP contribution in [0.3, 0.4) is 0 Å². The van der Waals surface area contributed by atoms with Gasteiger partial charge in [0.15, 0.2) is 5.82 Å². The number of carbonyl (C=O) groups is 1. The molecule has 0 unspecified atom stereocenters. The minimum Gasteiger partial charge on any atom is -0.497 e. The number of benzene rings is 3. The van der Waals surface area contributed by atoms with Gasteiger partial charge in [-0.25, -0.2) is 0 Å². The van der Waals surface area contributed by atoms with E-state index in [0.29, 0.717) is 46.6 Å². The minimum absolute atomic E-state index is 0.0750. The summed E-state index contributed by atoms with van der Waals surface area (Å²) in [5.74, 6) is 1.78. The monoisotopic (exact) mass is 599 g/mol. The summed E-state index contributed by atoms with van der Waals surface area (Å²) in [6.07, 6.45) is 0.673. The number of aryl methyl sites for hydroxylation is 1. The molecule has 0 fully saturated rings. The van der Waals surface area contributed by atoms with Gasteiger partial charge in [-0.2, -0.15) is 0 Å². The Morgan fingerprint density at radius 2 is 1.93 bits per heavy atom. The summed E-state index contributed by atoms with van der Waals surface area (Å²) in [5.41, 5.74) is 4.71. The summed E-state index contributed by atoms with van der Waals surface area (Å²) in [6.45, 7) is 2.29. The Labute approximate surface area is 251 Å². The van der Waals surface area contributed by atoms with E-state index in [2.05, 4.69) is 15.5 Å². The number of nitrogens with one attached hydrogen (secondary N) is 1. The molecule has 6 rings (SSSR count). The van der Waals surface area contributed by atoms with Crippen molar-refractivity contribution in [1.29, 1.82) is 0 Å². The molecule has 12 heteroatoms. The Kier molecular flexibility index (Phi) is 7.83. The van der Waals surface area contributed by atoms with Crippen LogP contribution in [0.5, 0.6) is 5.75 Å². The van der Waals surface area contributed by atoms with Crippen LogP contribution in [-0.2, 0) is 11.2 Å². The smallest absolute Gasteiger partial charge is 0.488 e. The topological polar surface area (TPSA) is 122 Å². The van der Waals surface area contributed by atoms with E-state index in [1.54, 1.807) is 30.6 Å².